The summed E-state index contributed by atoms with van der Waals surface area (Å²) >= 11 is 0. The van der Waals surface area contributed by atoms with E-state index in [0.29, 0.717) is 12.3 Å². The number of carboxylic acid groups (broad SMARTS) is 1. The average Bonchev–Trinajstić information content (AvgIpc) is 2.03. The lowest BCUT2D eigenvalue weighted by atomic mass is 9.75. The highest BCUT2D eigenvalue weighted by molar-refractivity contribution is 5.70. The van der Waals surface area contributed by atoms with Crippen LogP contribution in [-0.4, -0.2) is 22.3 Å². The maximum Gasteiger partial charge on any atom is 0.306 e. The largest absolute Gasteiger partial charge is 0.481 e. The summed E-state index contributed by atoms with van der Waals surface area (Å²) in [5, 5.41) is 18.5. The lowest BCUT2D eigenvalue weighted by Gasteiger charge is -2.33. The monoisotopic (exact) mass is 186 g/mol. The lowest BCUT2D eigenvalue weighted by molar-refractivity contribution is -0.145. The van der Waals surface area contributed by atoms with Crippen molar-refractivity contribution in [1.29, 1.82) is 0 Å². The topological polar surface area (TPSA) is 57.5 Å². The van der Waals surface area contributed by atoms with Gasteiger partial charge in [-0.05, 0) is 31.1 Å². The van der Waals surface area contributed by atoms with Gasteiger partial charge in [-0.1, -0.05) is 13.8 Å². The fourth-order valence-electron chi connectivity index (χ4n) is 2.17. The molecule has 76 valence electrons. The smallest absolute Gasteiger partial charge is 0.306 e. The van der Waals surface area contributed by atoms with E-state index in [9.17, 15) is 9.90 Å². The minimum Gasteiger partial charge on any atom is -0.481 e. The number of hydrogen-bond acceptors (Lipinski definition) is 2. The van der Waals surface area contributed by atoms with Gasteiger partial charge in [0.25, 0.3) is 0 Å². The summed E-state index contributed by atoms with van der Waals surface area (Å²) in [5.41, 5.74) is 0. The Bertz CT molecular complexity index is 189. The van der Waals surface area contributed by atoms with Gasteiger partial charge in [-0.3, -0.25) is 4.79 Å². The quantitative estimate of drug-likeness (QED) is 0.687. The van der Waals surface area contributed by atoms with E-state index in [0.717, 1.165) is 12.8 Å². The number of aliphatic hydroxyl groups excluding tert-OH is 1. The molecule has 0 aromatic heterocycles. The molecule has 1 fully saturated rings. The predicted molar refractivity (Wildman–Crippen MR) is 49.3 cm³/mol. The Morgan fingerprint density at radius 2 is 2.00 bits per heavy atom. The van der Waals surface area contributed by atoms with Gasteiger partial charge in [0.1, 0.15) is 0 Å². The Kier molecular flexibility index (Phi) is 3.31. The molecule has 3 atom stereocenters. The first kappa shape index (κ1) is 10.5. The molecule has 3 nitrogen and oxygen atoms in total. The maximum absolute atomic E-state index is 10.7. The molecule has 0 bridgehead atoms. The van der Waals surface area contributed by atoms with Crippen LogP contribution in [0.3, 0.4) is 0 Å². The molecule has 1 saturated carbocycles. The lowest BCUT2D eigenvalue weighted by Crippen LogP contribution is -2.35. The summed E-state index contributed by atoms with van der Waals surface area (Å²) in [4.78, 5) is 10.7. The zero-order chi connectivity index (χ0) is 10.0. The third-order valence-electron chi connectivity index (χ3n) is 3.07. The Morgan fingerprint density at radius 3 is 2.38 bits per heavy atom. The molecule has 2 N–H and O–H groups in total. The van der Waals surface area contributed by atoms with Crippen molar-refractivity contribution in [3.05, 3.63) is 0 Å². The van der Waals surface area contributed by atoms with Crippen LogP contribution in [0, 0.1) is 17.8 Å². The van der Waals surface area contributed by atoms with Crippen LogP contribution in [-0.2, 0) is 4.79 Å². The molecule has 0 radical (unpaired) electrons. The standard InChI is InChI=1S/C10H18O3/c1-6(2)8-4-3-7(10(12)13)5-9(8)11/h6-9,11H,3-5H2,1-2H3,(H,12,13)/t7-,8+,9-/m1/s1. The van der Waals surface area contributed by atoms with Crippen LogP contribution in [0.15, 0.2) is 0 Å². The average molecular weight is 186 g/mol. The van der Waals surface area contributed by atoms with Crippen LogP contribution in [0.2, 0.25) is 0 Å². The summed E-state index contributed by atoms with van der Waals surface area (Å²) in [7, 11) is 0. The first-order valence-electron chi connectivity index (χ1n) is 4.93. The molecule has 1 aliphatic rings. The van der Waals surface area contributed by atoms with Gasteiger partial charge >= 0.3 is 5.97 Å². The molecule has 1 rings (SSSR count). The van der Waals surface area contributed by atoms with Crippen molar-refractivity contribution in [3.63, 3.8) is 0 Å². The van der Waals surface area contributed by atoms with E-state index in [1.165, 1.54) is 0 Å². The fraction of sp³-hybridized carbons (Fsp3) is 0.900. The van der Waals surface area contributed by atoms with Gasteiger partial charge in [0, 0.05) is 0 Å². The van der Waals surface area contributed by atoms with E-state index < -0.39 is 12.1 Å². The zero-order valence-corrected chi connectivity index (χ0v) is 8.23. The molecule has 0 saturated heterocycles. The Hall–Kier alpha value is -0.570. The van der Waals surface area contributed by atoms with Crippen molar-refractivity contribution in [2.24, 2.45) is 17.8 Å². The van der Waals surface area contributed by atoms with Crippen molar-refractivity contribution in [1.82, 2.24) is 0 Å². The first-order valence-corrected chi connectivity index (χ1v) is 4.93. The molecule has 3 heteroatoms. The van der Waals surface area contributed by atoms with Gasteiger partial charge in [-0.15, -0.1) is 0 Å². The molecule has 0 aromatic carbocycles. The Balaban J connectivity index is 2.51. The van der Waals surface area contributed by atoms with Gasteiger partial charge in [-0.25, -0.2) is 0 Å². The van der Waals surface area contributed by atoms with Gasteiger partial charge in [0.05, 0.1) is 12.0 Å². The second kappa shape index (κ2) is 4.09. The third kappa shape index (κ3) is 2.44. The van der Waals surface area contributed by atoms with E-state index in [1.54, 1.807) is 0 Å². The van der Waals surface area contributed by atoms with Gasteiger partial charge in [-0.2, -0.15) is 0 Å². The minimum atomic E-state index is -0.763. The van der Waals surface area contributed by atoms with Crippen LogP contribution in [0.25, 0.3) is 0 Å². The van der Waals surface area contributed by atoms with E-state index in [2.05, 4.69) is 13.8 Å². The van der Waals surface area contributed by atoms with Gasteiger partial charge < -0.3 is 10.2 Å². The second-order valence-corrected chi connectivity index (χ2v) is 4.32. The SMILES string of the molecule is CC(C)[C@@H]1CC[C@@H](C(=O)O)C[C@H]1O. The summed E-state index contributed by atoms with van der Waals surface area (Å²) in [5.74, 6) is -0.355. The molecular weight excluding hydrogens is 168 g/mol. The van der Waals surface area contributed by atoms with Crippen molar-refractivity contribution in [3.8, 4) is 0 Å². The van der Waals surface area contributed by atoms with Gasteiger partial charge in [0.15, 0.2) is 0 Å². The fourth-order valence-corrected chi connectivity index (χ4v) is 2.17. The number of rotatable bonds is 2. The van der Waals surface area contributed by atoms with Crippen molar-refractivity contribution in [2.75, 3.05) is 0 Å². The molecule has 0 heterocycles. The molecule has 13 heavy (non-hydrogen) atoms. The zero-order valence-electron chi connectivity index (χ0n) is 8.23. The van der Waals surface area contributed by atoms with Crippen LogP contribution >= 0.6 is 0 Å². The van der Waals surface area contributed by atoms with Crippen molar-refractivity contribution >= 4 is 5.97 Å². The number of carboxylic acids is 1. The van der Waals surface area contributed by atoms with E-state index in [1.807, 2.05) is 0 Å². The van der Waals surface area contributed by atoms with E-state index in [4.69, 9.17) is 5.11 Å². The van der Waals surface area contributed by atoms with Crippen LogP contribution in [0.1, 0.15) is 33.1 Å². The molecular formula is C10H18O3. The molecule has 0 amide bonds. The van der Waals surface area contributed by atoms with Crippen molar-refractivity contribution in [2.45, 2.75) is 39.2 Å². The molecule has 1 aliphatic carbocycles. The highest BCUT2D eigenvalue weighted by Crippen LogP contribution is 2.33. The maximum atomic E-state index is 10.7. The van der Waals surface area contributed by atoms with Crippen molar-refractivity contribution < 1.29 is 15.0 Å². The van der Waals surface area contributed by atoms with Crippen LogP contribution < -0.4 is 0 Å². The molecule has 0 aromatic rings. The predicted octanol–water partition coefficient (Wildman–Crippen LogP) is 1.50. The minimum absolute atomic E-state index is 0.288. The number of aliphatic hydroxyl groups is 1. The summed E-state index contributed by atoms with van der Waals surface area (Å²) < 4.78 is 0. The number of aliphatic carboxylic acids is 1. The summed E-state index contributed by atoms with van der Waals surface area (Å²) in [6, 6.07) is 0. The molecule has 0 aliphatic heterocycles. The normalized spacial score (nSPS) is 34.9. The molecule has 0 unspecified atom stereocenters. The summed E-state index contributed by atoms with van der Waals surface area (Å²) in [6.45, 7) is 4.16. The Labute approximate surface area is 78.8 Å². The van der Waals surface area contributed by atoms with E-state index >= 15 is 0 Å². The third-order valence-corrected chi connectivity index (χ3v) is 3.07. The summed E-state index contributed by atoms with van der Waals surface area (Å²) in [6.07, 6.45) is 1.57. The second-order valence-electron chi connectivity index (χ2n) is 4.32. The first-order chi connectivity index (χ1) is 6.02. The highest BCUT2D eigenvalue weighted by atomic mass is 16.4. The van der Waals surface area contributed by atoms with Gasteiger partial charge in [0.2, 0.25) is 0 Å². The van der Waals surface area contributed by atoms with Crippen LogP contribution in [0.5, 0.6) is 0 Å². The van der Waals surface area contributed by atoms with Crippen LogP contribution in [0.4, 0.5) is 0 Å². The Morgan fingerprint density at radius 1 is 1.38 bits per heavy atom. The number of carbonyl (C=O) groups is 1. The highest BCUT2D eigenvalue weighted by Gasteiger charge is 2.33. The molecule has 0 spiro atoms. The van der Waals surface area contributed by atoms with E-state index in [-0.39, 0.29) is 11.8 Å². The number of hydrogen-bond donors (Lipinski definition) is 2.